The van der Waals surface area contributed by atoms with Crippen LogP contribution in [0.5, 0.6) is 5.75 Å². The van der Waals surface area contributed by atoms with Crippen molar-refractivity contribution in [3.8, 4) is 28.5 Å². The monoisotopic (exact) mass is 503 g/mol. The van der Waals surface area contributed by atoms with E-state index < -0.39 is 42.2 Å². The number of ether oxygens (including phenoxy) is 2. The van der Waals surface area contributed by atoms with Crippen LogP contribution in [-0.2, 0) is 4.74 Å². The molecule has 5 heterocycles. The maximum absolute atomic E-state index is 12.3. The summed E-state index contributed by atoms with van der Waals surface area (Å²) in [7, 11) is 0. The molecule has 5 rings (SSSR count). The summed E-state index contributed by atoms with van der Waals surface area (Å²) in [6, 6.07) is 15.8. The third-order valence-electron chi connectivity index (χ3n) is 6.18. The number of nitrogens with one attached hydrogen (secondary N) is 1. The molecule has 4 aromatic heterocycles. The summed E-state index contributed by atoms with van der Waals surface area (Å²) >= 11 is 0. The van der Waals surface area contributed by atoms with Gasteiger partial charge >= 0.3 is 5.69 Å². The van der Waals surface area contributed by atoms with Crippen LogP contribution >= 0.6 is 0 Å². The van der Waals surface area contributed by atoms with Crippen molar-refractivity contribution in [1.82, 2.24) is 24.5 Å². The molecule has 4 atom stereocenters. The fraction of sp³-hybridized carbons (Fsp3) is 0.269. The van der Waals surface area contributed by atoms with E-state index in [1.54, 1.807) is 24.5 Å². The van der Waals surface area contributed by atoms with Crippen molar-refractivity contribution in [2.45, 2.75) is 24.9 Å². The second kappa shape index (κ2) is 10.8. The molecule has 0 radical (unpaired) electrons. The van der Waals surface area contributed by atoms with Crippen molar-refractivity contribution in [1.29, 1.82) is 0 Å². The number of nitrogens with zero attached hydrogens (tertiary/aromatic N) is 4. The summed E-state index contributed by atoms with van der Waals surface area (Å²) in [6.45, 7) is -0.247. The molecule has 0 spiro atoms. The number of aliphatic hydroxyl groups excluding tert-OH is 2. The van der Waals surface area contributed by atoms with Gasteiger partial charge in [-0.1, -0.05) is 12.1 Å². The molecule has 0 aromatic carbocycles. The van der Waals surface area contributed by atoms with Crippen LogP contribution in [0.25, 0.3) is 22.8 Å². The predicted octanol–water partition coefficient (Wildman–Crippen LogP) is 1.39. The summed E-state index contributed by atoms with van der Waals surface area (Å²) in [5.74, 6) is -0.0470. The number of aliphatic hydroxyl groups is 2. The van der Waals surface area contributed by atoms with Gasteiger partial charge in [0.2, 0.25) is 0 Å². The van der Waals surface area contributed by atoms with Crippen molar-refractivity contribution in [2.24, 2.45) is 5.92 Å². The van der Waals surface area contributed by atoms with Crippen LogP contribution in [0.15, 0.2) is 82.8 Å². The van der Waals surface area contributed by atoms with Crippen LogP contribution in [-0.4, -0.2) is 60.1 Å². The van der Waals surface area contributed by atoms with E-state index in [0.29, 0.717) is 34.9 Å². The molecular formula is C26H25N5O6. The summed E-state index contributed by atoms with van der Waals surface area (Å²) in [5.41, 5.74) is 1.37. The Hall–Kier alpha value is -4.19. The summed E-state index contributed by atoms with van der Waals surface area (Å²) < 4.78 is 13.0. The molecule has 3 N–H and O–H groups in total. The number of hydrogen-bond acceptors (Lipinski definition) is 9. The van der Waals surface area contributed by atoms with Crippen molar-refractivity contribution in [3.05, 3.63) is 94.0 Å². The standard InChI is InChI=1S/C26H25N5O6/c32-15-22-24(34)17(25(37-22)31-11-7-23(33)30-26(31)35)8-12-36-16-13-20(18-5-1-3-9-27-18)29-21(14-16)19-6-2-4-10-28-19/h1-7,9-11,13-14,17,22,24-25,32,34H,8,12,15H2,(H,30,33,35)/t17-,22+,24-,25+/m0/s1. The SMILES string of the molecule is O=c1ccn([C@@H]2O[C@H](CO)[C@@H](O)[C@@H]2CCOc2cc(-c3ccccn3)nc(-c3ccccn3)c2)c(=O)[nH]1. The Morgan fingerprint density at radius 1 is 0.973 bits per heavy atom. The first kappa shape index (κ1) is 24.5. The molecule has 190 valence electrons. The largest absolute Gasteiger partial charge is 0.493 e. The highest BCUT2D eigenvalue weighted by atomic mass is 16.5. The van der Waals surface area contributed by atoms with Crippen molar-refractivity contribution in [2.75, 3.05) is 13.2 Å². The van der Waals surface area contributed by atoms with E-state index in [-0.39, 0.29) is 6.61 Å². The number of hydrogen-bond donors (Lipinski definition) is 3. The zero-order valence-corrected chi connectivity index (χ0v) is 19.7. The minimum absolute atomic E-state index is 0.172. The molecule has 0 amide bonds. The molecule has 4 aromatic rings. The smallest absolute Gasteiger partial charge is 0.330 e. The first-order valence-electron chi connectivity index (χ1n) is 11.8. The lowest BCUT2D eigenvalue weighted by Gasteiger charge is -2.22. The molecular weight excluding hydrogens is 478 g/mol. The summed E-state index contributed by atoms with van der Waals surface area (Å²) in [6.07, 6.45) is 2.18. The number of aromatic nitrogens is 5. The van der Waals surface area contributed by atoms with Crippen LogP contribution in [0.4, 0.5) is 0 Å². The van der Waals surface area contributed by atoms with E-state index in [1.165, 1.54) is 16.8 Å². The molecule has 11 heteroatoms. The normalized spacial score (nSPS) is 21.1. The first-order chi connectivity index (χ1) is 18.0. The van der Waals surface area contributed by atoms with E-state index in [1.807, 2.05) is 36.4 Å². The lowest BCUT2D eigenvalue weighted by atomic mass is 9.96. The van der Waals surface area contributed by atoms with E-state index >= 15 is 0 Å². The van der Waals surface area contributed by atoms with E-state index in [4.69, 9.17) is 14.5 Å². The van der Waals surface area contributed by atoms with Gasteiger partial charge in [-0.05, 0) is 30.7 Å². The van der Waals surface area contributed by atoms with Gasteiger partial charge < -0.3 is 19.7 Å². The second-order valence-electron chi connectivity index (χ2n) is 8.56. The molecule has 0 bridgehead atoms. The minimum atomic E-state index is -1.04. The van der Waals surface area contributed by atoms with Crippen LogP contribution < -0.4 is 16.0 Å². The highest BCUT2D eigenvalue weighted by molar-refractivity contribution is 5.64. The number of H-pyrrole nitrogens is 1. The molecule has 0 saturated carbocycles. The van der Waals surface area contributed by atoms with Crippen LogP contribution in [0.3, 0.4) is 0 Å². The molecule has 1 saturated heterocycles. The molecule has 1 fully saturated rings. The maximum Gasteiger partial charge on any atom is 0.330 e. The lowest BCUT2D eigenvalue weighted by molar-refractivity contribution is -0.0485. The van der Waals surface area contributed by atoms with Gasteiger partial charge in [0, 0.05) is 42.7 Å². The Balaban J connectivity index is 1.39. The van der Waals surface area contributed by atoms with Gasteiger partial charge in [-0.25, -0.2) is 9.78 Å². The molecule has 11 nitrogen and oxygen atoms in total. The fourth-order valence-corrected chi connectivity index (χ4v) is 4.36. The van der Waals surface area contributed by atoms with Gasteiger partial charge in [-0.3, -0.25) is 24.3 Å². The maximum atomic E-state index is 12.3. The average Bonchev–Trinajstić information content (AvgIpc) is 3.24. The van der Waals surface area contributed by atoms with Gasteiger partial charge in [0.15, 0.2) is 0 Å². The zero-order valence-electron chi connectivity index (χ0n) is 19.7. The average molecular weight is 504 g/mol. The van der Waals surface area contributed by atoms with Crippen LogP contribution in [0.1, 0.15) is 12.6 Å². The Labute approximate surface area is 211 Å². The Bertz CT molecular complexity index is 1400. The number of aromatic amines is 1. The van der Waals surface area contributed by atoms with Gasteiger partial charge in [0.25, 0.3) is 5.56 Å². The summed E-state index contributed by atoms with van der Waals surface area (Å²) in [5, 5.41) is 20.4. The zero-order chi connectivity index (χ0) is 25.8. The summed E-state index contributed by atoms with van der Waals surface area (Å²) in [4.78, 5) is 39.5. The first-order valence-corrected chi connectivity index (χ1v) is 11.8. The third-order valence-corrected chi connectivity index (χ3v) is 6.18. The highest BCUT2D eigenvalue weighted by Crippen LogP contribution is 2.36. The molecule has 37 heavy (non-hydrogen) atoms. The Morgan fingerprint density at radius 2 is 1.65 bits per heavy atom. The van der Waals surface area contributed by atoms with E-state index in [0.717, 1.165) is 0 Å². The van der Waals surface area contributed by atoms with Gasteiger partial charge in [0.05, 0.1) is 42.1 Å². The second-order valence-corrected chi connectivity index (χ2v) is 8.56. The van der Waals surface area contributed by atoms with Gasteiger partial charge in [-0.15, -0.1) is 0 Å². The lowest BCUT2D eigenvalue weighted by Crippen LogP contribution is -2.35. The Morgan fingerprint density at radius 3 is 2.22 bits per heavy atom. The minimum Gasteiger partial charge on any atom is -0.493 e. The van der Waals surface area contributed by atoms with Crippen LogP contribution in [0.2, 0.25) is 0 Å². The predicted molar refractivity (Wildman–Crippen MR) is 133 cm³/mol. The van der Waals surface area contributed by atoms with Crippen molar-refractivity contribution >= 4 is 0 Å². The number of pyridine rings is 3. The third kappa shape index (κ3) is 5.33. The molecule has 1 aliphatic heterocycles. The number of rotatable bonds is 8. The topological polar surface area (TPSA) is 152 Å². The van der Waals surface area contributed by atoms with E-state index in [2.05, 4.69) is 15.0 Å². The van der Waals surface area contributed by atoms with Crippen LogP contribution in [0, 0.1) is 5.92 Å². The van der Waals surface area contributed by atoms with Gasteiger partial charge in [0.1, 0.15) is 18.1 Å². The molecule has 0 unspecified atom stereocenters. The molecule has 0 aliphatic carbocycles. The fourth-order valence-electron chi connectivity index (χ4n) is 4.36. The van der Waals surface area contributed by atoms with Gasteiger partial charge in [-0.2, -0.15) is 0 Å². The molecule has 1 aliphatic rings. The Kier molecular flexibility index (Phi) is 7.17. The van der Waals surface area contributed by atoms with Crippen molar-refractivity contribution < 1.29 is 19.7 Å². The highest BCUT2D eigenvalue weighted by Gasteiger charge is 2.44. The quantitative estimate of drug-likeness (QED) is 0.324. The van der Waals surface area contributed by atoms with E-state index in [9.17, 15) is 19.8 Å². The van der Waals surface area contributed by atoms with Crippen molar-refractivity contribution in [3.63, 3.8) is 0 Å².